The van der Waals surface area contributed by atoms with Gasteiger partial charge in [-0.1, -0.05) is 25.7 Å². The summed E-state index contributed by atoms with van der Waals surface area (Å²) in [6.45, 7) is 2.87. The molecule has 4 N–H and O–H groups in total. The van der Waals surface area contributed by atoms with Crippen molar-refractivity contribution >= 4 is 17.6 Å². The van der Waals surface area contributed by atoms with Crippen molar-refractivity contribution < 1.29 is 0 Å². The van der Waals surface area contributed by atoms with Gasteiger partial charge in [0.25, 0.3) is 0 Å². The average molecular weight is 249 g/mol. The summed E-state index contributed by atoms with van der Waals surface area (Å²) in [6.07, 6.45) is 7.76. The number of anilines is 3. The number of hydrogen-bond donors (Lipinski definition) is 3. The van der Waals surface area contributed by atoms with Gasteiger partial charge in [-0.3, -0.25) is 0 Å². The van der Waals surface area contributed by atoms with E-state index in [0.29, 0.717) is 12.0 Å². The molecule has 0 bridgehead atoms. The van der Waals surface area contributed by atoms with Crippen LogP contribution in [0.4, 0.5) is 17.6 Å². The first kappa shape index (κ1) is 12.9. The number of hydrogen-bond acceptors (Lipinski definition) is 5. The lowest BCUT2D eigenvalue weighted by Crippen LogP contribution is -2.19. The number of nitrogens with one attached hydrogen (secondary N) is 2. The number of nitrogen functional groups attached to an aromatic ring is 1. The molecular formula is C13H23N5. The van der Waals surface area contributed by atoms with Crippen LogP contribution in [-0.4, -0.2) is 22.6 Å². The lowest BCUT2D eigenvalue weighted by atomic mass is 10.1. The number of nitrogens with zero attached hydrogens (tertiary/aromatic N) is 2. The molecule has 18 heavy (non-hydrogen) atoms. The van der Waals surface area contributed by atoms with Gasteiger partial charge in [0.15, 0.2) is 0 Å². The van der Waals surface area contributed by atoms with E-state index in [0.717, 1.165) is 18.2 Å². The molecule has 1 aliphatic rings. The van der Waals surface area contributed by atoms with Gasteiger partial charge in [0.05, 0.1) is 0 Å². The van der Waals surface area contributed by atoms with E-state index >= 15 is 0 Å². The van der Waals surface area contributed by atoms with Crippen molar-refractivity contribution in [2.45, 2.75) is 51.5 Å². The third kappa shape index (κ3) is 3.75. The van der Waals surface area contributed by atoms with Gasteiger partial charge in [0, 0.05) is 18.7 Å². The maximum atomic E-state index is 5.72. The summed E-state index contributed by atoms with van der Waals surface area (Å²) in [6, 6.07) is 2.46. The highest BCUT2D eigenvalue weighted by Crippen LogP contribution is 2.21. The van der Waals surface area contributed by atoms with Gasteiger partial charge in [0.1, 0.15) is 11.6 Å². The van der Waals surface area contributed by atoms with Crippen LogP contribution in [0, 0.1) is 0 Å². The Labute approximate surface area is 109 Å². The van der Waals surface area contributed by atoms with E-state index in [1.807, 2.05) is 13.0 Å². The van der Waals surface area contributed by atoms with Crippen molar-refractivity contribution in [2.75, 3.05) is 22.9 Å². The average Bonchev–Trinajstić information content (AvgIpc) is 2.57. The zero-order valence-corrected chi connectivity index (χ0v) is 11.1. The van der Waals surface area contributed by atoms with Crippen LogP contribution in [-0.2, 0) is 0 Å². The van der Waals surface area contributed by atoms with Gasteiger partial charge in [-0.25, -0.2) is 0 Å². The summed E-state index contributed by atoms with van der Waals surface area (Å²) in [5.74, 6) is 1.95. The standard InChI is InChI=1S/C13H23N5/c1-2-15-11-9-12(18-13(14)17-11)16-10-7-5-3-4-6-8-10/h9-10H,2-8H2,1H3,(H4,14,15,16,17,18). The molecule has 1 fully saturated rings. The smallest absolute Gasteiger partial charge is 0.223 e. The predicted octanol–water partition coefficient (Wildman–Crippen LogP) is 2.63. The first-order chi connectivity index (χ1) is 8.78. The topological polar surface area (TPSA) is 75.9 Å². The third-order valence-electron chi connectivity index (χ3n) is 3.31. The van der Waals surface area contributed by atoms with Crippen LogP contribution in [0.2, 0.25) is 0 Å². The summed E-state index contributed by atoms with van der Waals surface area (Å²) in [4.78, 5) is 8.41. The van der Waals surface area contributed by atoms with Gasteiger partial charge in [-0.2, -0.15) is 9.97 Å². The molecule has 0 radical (unpaired) electrons. The number of nitrogens with two attached hydrogens (primary N) is 1. The number of rotatable bonds is 4. The van der Waals surface area contributed by atoms with Crippen LogP contribution in [0.15, 0.2) is 6.07 Å². The van der Waals surface area contributed by atoms with E-state index in [1.165, 1.54) is 38.5 Å². The van der Waals surface area contributed by atoms with Crippen LogP contribution >= 0.6 is 0 Å². The molecule has 0 saturated heterocycles. The molecular weight excluding hydrogens is 226 g/mol. The first-order valence-corrected chi connectivity index (χ1v) is 6.93. The largest absolute Gasteiger partial charge is 0.370 e. The molecule has 0 aromatic carbocycles. The molecule has 1 aliphatic carbocycles. The second-order valence-corrected chi connectivity index (χ2v) is 4.86. The molecule has 1 aromatic rings. The summed E-state index contributed by atoms with van der Waals surface area (Å²) in [7, 11) is 0. The number of aromatic nitrogens is 2. The van der Waals surface area contributed by atoms with Crippen molar-refractivity contribution in [3.63, 3.8) is 0 Å². The fourth-order valence-corrected chi connectivity index (χ4v) is 2.44. The predicted molar refractivity (Wildman–Crippen MR) is 75.7 cm³/mol. The quantitative estimate of drug-likeness (QED) is 0.715. The molecule has 0 spiro atoms. The summed E-state index contributed by atoms with van der Waals surface area (Å²) in [5, 5.41) is 6.66. The second kappa shape index (κ2) is 6.42. The van der Waals surface area contributed by atoms with Crippen molar-refractivity contribution in [2.24, 2.45) is 0 Å². The van der Waals surface area contributed by atoms with E-state index in [-0.39, 0.29) is 0 Å². The van der Waals surface area contributed by atoms with E-state index in [9.17, 15) is 0 Å². The van der Waals surface area contributed by atoms with Gasteiger partial charge < -0.3 is 16.4 Å². The van der Waals surface area contributed by atoms with Crippen LogP contribution in [0.1, 0.15) is 45.4 Å². The molecule has 5 heteroatoms. The molecule has 0 aliphatic heterocycles. The highest BCUT2D eigenvalue weighted by Gasteiger charge is 2.13. The summed E-state index contributed by atoms with van der Waals surface area (Å²) in [5.41, 5.74) is 5.72. The van der Waals surface area contributed by atoms with Crippen molar-refractivity contribution in [3.8, 4) is 0 Å². The Morgan fingerprint density at radius 2 is 1.83 bits per heavy atom. The van der Waals surface area contributed by atoms with E-state index in [1.54, 1.807) is 0 Å². The minimum atomic E-state index is 0.324. The third-order valence-corrected chi connectivity index (χ3v) is 3.31. The normalized spacial score (nSPS) is 17.2. The van der Waals surface area contributed by atoms with Crippen LogP contribution in [0.3, 0.4) is 0 Å². The Balaban J connectivity index is 2.02. The molecule has 1 heterocycles. The van der Waals surface area contributed by atoms with Crippen molar-refractivity contribution in [1.82, 2.24) is 9.97 Å². The van der Waals surface area contributed by atoms with Gasteiger partial charge in [-0.05, 0) is 19.8 Å². The van der Waals surface area contributed by atoms with Gasteiger partial charge in [-0.15, -0.1) is 0 Å². The minimum absolute atomic E-state index is 0.324. The summed E-state index contributed by atoms with van der Waals surface area (Å²) >= 11 is 0. The minimum Gasteiger partial charge on any atom is -0.370 e. The van der Waals surface area contributed by atoms with Crippen LogP contribution in [0.5, 0.6) is 0 Å². The zero-order chi connectivity index (χ0) is 12.8. The maximum Gasteiger partial charge on any atom is 0.223 e. The fraction of sp³-hybridized carbons (Fsp3) is 0.692. The fourth-order valence-electron chi connectivity index (χ4n) is 2.44. The SMILES string of the molecule is CCNc1cc(NC2CCCCCC2)nc(N)n1. The van der Waals surface area contributed by atoms with Crippen LogP contribution in [0.25, 0.3) is 0 Å². The molecule has 0 amide bonds. The molecule has 2 rings (SSSR count). The Hall–Kier alpha value is -1.52. The molecule has 1 saturated carbocycles. The molecule has 0 unspecified atom stereocenters. The Morgan fingerprint density at radius 3 is 2.50 bits per heavy atom. The molecule has 5 nitrogen and oxygen atoms in total. The summed E-state index contributed by atoms with van der Waals surface area (Å²) < 4.78 is 0. The van der Waals surface area contributed by atoms with Crippen molar-refractivity contribution in [3.05, 3.63) is 6.07 Å². The Morgan fingerprint density at radius 1 is 1.17 bits per heavy atom. The first-order valence-electron chi connectivity index (χ1n) is 6.93. The highest BCUT2D eigenvalue weighted by molar-refractivity contribution is 5.51. The maximum absolute atomic E-state index is 5.72. The zero-order valence-electron chi connectivity index (χ0n) is 11.1. The van der Waals surface area contributed by atoms with Gasteiger partial charge in [0.2, 0.25) is 5.95 Å². The second-order valence-electron chi connectivity index (χ2n) is 4.86. The Bertz CT molecular complexity index is 372. The lowest BCUT2D eigenvalue weighted by Gasteiger charge is -2.17. The van der Waals surface area contributed by atoms with E-state index in [2.05, 4.69) is 20.6 Å². The molecule has 0 atom stereocenters. The molecule has 1 aromatic heterocycles. The Kier molecular flexibility index (Phi) is 4.61. The monoisotopic (exact) mass is 249 g/mol. The highest BCUT2D eigenvalue weighted by atomic mass is 15.1. The lowest BCUT2D eigenvalue weighted by molar-refractivity contribution is 0.617. The van der Waals surface area contributed by atoms with E-state index < -0.39 is 0 Å². The molecule has 100 valence electrons. The van der Waals surface area contributed by atoms with Gasteiger partial charge >= 0.3 is 0 Å². The van der Waals surface area contributed by atoms with Crippen molar-refractivity contribution in [1.29, 1.82) is 0 Å². The van der Waals surface area contributed by atoms with Crippen LogP contribution < -0.4 is 16.4 Å². The van der Waals surface area contributed by atoms with E-state index in [4.69, 9.17) is 5.73 Å².